The first-order chi connectivity index (χ1) is 9.18. The van der Waals surface area contributed by atoms with Crippen molar-refractivity contribution in [2.75, 3.05) is 0 Å². The molecule has 0 fully saturated rings. The predicted octanol–water partition coefficient (Wildman–Crippen LogP) is 4.89. The van der Waals surface area contributed by atoms with Gasteiger partial charge in [0.15, 0.2) is 0 Å². The number of carbonyl (C=O) groups excluding carboxylic acids is 1. The van der Waals surface area contributed by atoms with Crippen LogP contribution in [0.2, 0.25) is 0 Å². The minimum absolute atomic E-state index is 0.142. The smallest absolute Gasteiger partial charge is 0.213 e. The van der Waals surface area contributed by atoms with E-state index in [2.05, 4.69) is 0 Å². The molecule has 0 radical (unpaired) electrons. The highest BCUT2D eigenvalue weighted by Crippen LogP contribution is 2.33. The van der Waals surface area contributed by atoms with E-state index in [0.717, 1.165) is 22.2 Å². The lowest BCUT2D eigenvalue weighted by Gasteiger charge is -2.14. The number of rotatable bonds is 4. The van der Waals surface area contributed by atoms with E-state index >= 15 is 0 Å². The summed E-state index contributed by atoms with van der Waals surface area (Å²) in [4.78, 5) is 12.9. The number of alkyl halides is 2. The second kappa shape index (κ2) is 6.99. The minimum atomic E-state index is -0.755. The predicted molar refractivity (Wildman–Crippen MR) is 82.0 cm³/mol. The van der Waals surface area contributed by atoms with Gasteiger partial charge in [-0.15, -0.1) is 23.2 Å². The van der Waals surface area contributed by atoms with Crippen LogP contribution in [0.5, 0.6) is 0 Å². The van der Waals surface area contributed by atoms with Crippen LogP contribution in [0.3, 0.4) is 0 Å². The summed E-state index contributed by atoms with van der Waals surface area (Å²) in [5, 5.41) is -1.42. The molecule has 2 unspecified atom stereocenters. The molecule has 2 rings (SSSR count). The van der Waals surface area contributed by atoms with Crippen molar-refractivity contribution < 1.29 is 4.79 Å². The lowest BCUT2D eigenvalue weighted by Crippen LogP contribution is -2.16. The molecule has 0 saturated carbocycles. The first-order valence-corrected chi connectivity index (χ1v) is 7.47. The van der Waals surface area contributed by atoms with Crippen molar-refractivity contribution in [2.45, 2.75) is 15.6 Å². The Balaban J connectivity index is 2.03. The van der Waals surface area contributed by atoms with E-state index in [1.807, 2.05) is 60.7 Å². The highest BCUT2D eigenvalue weighted by Gasteiger charge is 2.26. The van der Waals surface area contributed by atoms with Gasteiger partial charge in [0.2, 0.25) is 5.12 Å². The van der Waals surface area contributed by atoms with Crippen LogP contribution in [-0.4, -0.2) is 10.5 Å². The molecule has 0 N–H and O–H groups in total. The van der Waals surface area contributed by atoms with Gasteiger partial charge in [0.1, 0.15) is 5.38 Å². The Kier molecular flexibility index (Phi) is 5.32. The second-order valence-electron chi connectivity index (χ2n) is 3.95. The Labute approximate surface area is 126 Å². The maximum absolute atomic E-state index is 12.1. The molecule has 19 heavy (non-hydrogen) atoms. The second-order valence-corrected chi connectivity index (χ2v) is 5.97. The van der Waals surface area contributed by atoms with Crippen molar-refractivity contribution in [3.8, 4) is 0 Å². The molecule has 0 spiro atoms. The van der Waals surface area contributed by atoms with E-state index in [9.17, 15) is 4.79 Å². The van der Waals surface area contributed by atoms with Crippen LogP contribution in [0.25, 0.3) is 0 Å². The highest BCUT2D eigenvalue weighted by molar-refractivity contribution is 8.14. The van der Waals surface area contributed by atoms with E-state index in [0.29, 0.717) is 0 Å². The van der Waals surface area contributed by atoms with Gasteiger partial charge in [-0.1, -0.05) is 60.3 Å². The molecule has 98 valence electrons. The summed E-state index contributed by atoms with van der Waals surface area (Å²) in [6, 6.07) is 18.8. The van der Waals surface area contributed by atoms with E-state index in [4.69, 9.17) is 23.2 Å². The van der Waals surface area contributed by atoms with Gasteiger partial charge in [0.05, 0.1) is 5.38 Å². The summed E-state index contributed by atoms with van der Waals surface area (Å²) in [7, 11) is 0. The Morgan fingerprint density at radius 1 is 0.895 bits per heavy atom. The molecule has 0 aliphatic rings. The summed E-state index contributed by atoms with van der Waals surface area (Å²) in [5.74, 6) is 0. The number of hydrogen-bond acceptors (Lipinski definition) is 2. The summed E-state index contributed by atoms with van der Waals surface area (Å²) in [6.45, 7) is 0. The van der Waals surface area contributed by atoms with E-state index in [-0.39, 0.29) is 5.12 Å². The molecule has 0 aliphatic heterocycles. The molecule has 4 heteroatoms. The summed E-state index contributed by atoms with van der Waals surface area (Å²) < 4.78 is 0. The van der Waals surface area contributed by atoms with Crippen molar-refractivity contribution in [3.05, 3.63) is 66.2 Å². The van der Waals surface area contributed by atoms with Crippen LogP contribution in [0, 0.1) is 0 Å². The van der Waals surface area contributed by atoms with Crippen LogP contribution in [0.4, 0.5) is 0 Å². The number of carbonyl (C=O) groups is 1. The summed E-state index contributed by atoms with van der Waals surface area (Å²) >= 11 is 13.5. The Morgan fingerprint density at radius 2 is 1.42 bits per heavy atom. The molecule has 0 heterocycles. The van der Waals surface area contributed by atoms with Crippen molar-refractivity contribution in [3.63, 3.8) is 0 Å². The average molecular weight is 311 g/mol. The Hall–Kier alpha value is -0.960. The minimum Gasteiger partial charge on any atom is -0.285 e. The van der Waals surface area contributed by atoms with Gasteiger partial charge in [-0.25, -0.2) is 0 Å². The van der Waals surface area contributed by atoms with Gasteiger partial charge < -0.3 is 0 Å². The quantitative estimate of drug-likeness (QED) is 0.590. The molecular weight excluding hydrogens is 299 g/mol. The van der Waals surface area contributed by atoms with Gasteiger partial charge in [-0.3, -0.25) is 4.79 Å². The standard InChI is InChI=1S/C15H12Cl2OS/c16-13(11-7-3-1-4-8-11)14(17)15(18)19-12-9-5-2-6-10-12/h1-10,13-14H. The van der Waals surface area contributed by atoms with Crippen LogP contribution >= 0.6 is 35.0 Å². The lowest BCUT2D eigenvalue weighted by atomic mass is 10.1. The fourth-order valence-electron chi connectivity index (χ4n) is 1.59. The van der Waals surface area contributed by atoms with Crippen LogP contribution in [0.15, 0.2) is 65.6 Å². The molecule has 2 atom stereocenters. The molecule has 0 aromatic heterocycles. The van der Waals surface area contributed by atoms with Crippen molar-refractivity contribution in [1.29, 1.82) is 0 Å². The zero-order valence-electron chi connectivity index (χ0n) is 10.0. The molecule has 0 saturated heterocycles. The fraction of sp³-hybridized carbons (Fsp3) is 0.133. The molecule has 0 amide bonds. The van der Waals surface area contributed by atoms with Crippen molar-refractivity contribution >= 4 is 40.1 Å². The normalized spacial score (nSPS) is 13.8. The molecular formula is C15H12Cl2OS. The molecule has 1 nitrogen and oxygen atoms in total. The Bertz CT molecular complexity index is 530. The first kappa shape index (κ1) is 14.4. The third-order valence-corrected chi connectivity index (χ3v) is 4.74. The van der Waals surface area contributed by atoms with Gasteiger partial charge in [0.25, 0.3) is 0 Å². The highest BCUT2D eigenvalue weighted by atomic mass is 35.5. The first-order valence-electron chi connectivity index (χ1n) is 5.78. The maximum Gasteiger partial charge on any atom is 0.213 e. The number of thioether (sulfide) groups is 1. The van der Waals surface area contributed by atoms with E-state index < -0.39 is 10.8 Å². The van der Waals surface area contributed by atoms with Crippen molar-refractivity contribution in [2.24, 2.45) is 0 Å². The molecule has 0 bridgehead atoms. The topological polar surface area (TPSA) is 17.1 Å². The van der Waals surface area contributed by atoms with Gasteiger partial charge in [-0.05, 0) is 17.7 Å². The molecule has 2 aromatic rings. The third kappa shape index (κ3) is 4.00. The Morgan fingerprint density at radius 3 is 2.00 bits per heavy atom. The van der Waals surface area contributed by atoms with E-state index in [1.165, 1.54) is 0 Å². The SMILES string of the molecule is O=C(Sc1ccccc1)C(Cl)C(Cl)c1ccccc1. The summed E-state index contributed by atoms with van der Waals surface area (Å²) in [5.41, 5.74) is 0.853. The fourth-order valence-corrected chi connectivity index (χ4v) is 2.97. The van der Waals surface area contributed by atoms with Crippen LogP contribution < -0.4 is 0 Å². The average Bonchev–Trinajstić information content (AvgIpc) is 2.47. The number of benzene rings is 2. The third-order valence-electron chi connectivity index (χ3n) is 2.56. The summed E-state index contributed by atoms with van der Waals surface area (Å²) in [6.07, 6.45) is 0. The maximum atomic E-state index is 12.1. The molecule has 0 aliphatic carbocycles. The van der Waals surface area contributed by atoms with Gasteiger partial charge in [0, 0.05) is 4.90 Å². The van der Waals surface area contributed by atoms with Gasteiger partial charge >= 0.3 is 0 Å². The lowest BCUT2D eigenvalue weighted by molar-refractivity contribution is -0.110. The van der Waals surface area contributed by atoms with E-state index in [1.54, 1.807) is 0 Å². The number of halogens is 2. The van der Waals surface area contributed by atoms with Gasteiger partial charge in [-0.2, -0.15) is 0 Å². The van der Waals surface area contributed by atoms with Crippen LogP contribution in [0.1, 0.15) is 10.9 Å². The molecule has 2 aromatic carbocycles. The van der Waals surface area contributed by atoms with Crippen LogP contribution in [-0.2, 0) is 4.79 Å². The largest absolute Gasteiger partial charge is 0.285 e. The zero-order chi connectivity index (χ0) is 13.7. The zero-order valence-corrected chi connectivity index (χ0v) is 12.3. The van der Waals surface area contributed by atoms with Crippen molar-refractivity contribution in [1.82, 2.24) is 0 Å². The monoisotopic (exact) mass is 310 g/mol. The number of hydrogen-bond donors (Lipinski definition) is 0.